The maximum absolute atomic E-state index is 14.4. The monoisotopic (exact) mass is 480 g/mol. The molecule has 174 valence electrons. The van der Waals surface area contributed by atoms with Crippen LogP contribution in [-0.4, -0.2) is 18.9 Å². The molecule has 1 unspecified atom stereocenters. The Morgan fingerprint density at radius 3 is 2.35 bits per heavy atom. The summed E-state index contributed by atoms with van der Waals surface area (Å²) in [7, 11) is 1.51. The highest BCUT2D eigenvalue weighted by Crippen LogP contribution is 2.34. The summed E-state index contributed by atoms with van der Waals surface area (Å²) in [5.74, 6) is -1.45. The van der Waals surface area contributed by atoms with Crippen LogP contribution in [0.25, 0.3) is 10.1 Å². The number of carbonyl (C=O) groups is 2. The lowest BCUT2D eigenvalue weighted by Gasteiger charge is -2.15. The zero-order valence-corrected chi connectivity index (χ0v) is 19.3. The number of benzene rings is 3. The summed E-state index contributed by atoms with van der Waals surface area (Å²) in [6.45, 7) is 1.97. The minimum atomic E-state index is -0.410. The van der Waals surface area contributed by atoms with Crippen molar-refractivity contribution in [2.75, 3.05) is 12.4 Å². The summed E-state index contributed by atoms with van der Waals surface area (Å²) in [6.07, 6.45) is 0. The first-order chi connectivity index (χ1) is 16.4. The summed E-state index contributed by atoms with van der Waals surface area (Å²) >= 11 is 1.23. The van der Waals surface area contributed by atoms with Gasteiger partial charge in [0, 0.05) is 34.0 Å². The molecule has 0 aliphatic carbocycles. The molecule has 34 heavy (non-hydrogen) atoms. The topological polar surface area (TPSA) is 67.4 Å². The van der Waals surface area contributed by atoms with E-state index in [0.29, 0.717) is 31.8 Å². The van der Waals surface area contributed by atoms with Crippen LogP contribution in [0.3, 0.4) is 0 Å². The van der Waals surface area contributed by atoms with Crippen molar-refractivity contribution in [3.05, 3.63) is 99.9 Å². The predicted molar refractivity (Wildman–Crippen MR) is 129 cm³/mol. The van der Waals surface area contributed by atoms with Crippen LogP contribution in [0.15, 0.2) is 66.7 Å². The van der Waals surface area contributed by atoms with Crippen molar-refractivity contribution < 1.29 is 23.1 Å². The average molecular weight is 481 g/mol. The highest BCUT2D eigenvalue weighted by Gasteiger charge is 2.22. The number of carbonyl (C=O) groups excluding carboxylic acids is 2. The van der Waals surface area contributed by atoms with Gasteiger partial charge in [-0.3, -0.25) is 9.59 Å². The van der Waals surface area contributed by atoms with Crippen LogP contribution in [0.4, 0.5) is 14.5 Å². The summed E-state index contributed by atoms with van der Waals surface area (Å²) in [5.41, 5.74) is 2.27. The zero-order valence-electron chi connectivity index (χ0n) is 18.5. The maximum Gasteiger partial charge on any atom is 0.262 e. The molecule has 1 aromatic heterocycles. The number of hydrogen-bond acceptors (Lipinski definition) is 4. The second-order valence-electron chi connectivity index (χ2n) is 7.73. The minimum Gasteiger partial charge on any atom is -0.380 e. The number of methoxy groups -OCH3 is 1. The van der Waals surface area contributed by atoms with Gasteiger partial charge in [-0.1, -0.05) is 18.2 Å². The third-order valence-corrected chi connectivity index (χ3v) is 6.58. The molecule has 0 fully saturated rings. The molecule has 0 saturated carbocycles. The van der Waals surface area contributed by atoms with Gasteiger partial charge >= 0.3 is 0 Å². The Morgan fingerprint density at radius 1 is 0.971 bits per heavy atom. The van der Waals surface area contributed by atoms with Crippen molar-refractivity contribution in [2.45, 2.75) is 19.6 Å². The van der Waals surface area contributed by atoms with Gasteiger partial charge in [-0.2, -0.15) is 0 Å². The molecular formula is C26H22F2N2O3S. The van der Waals surface area contributed by atoms with Gasteiger partial charge in [0.05, 0.1) is 17.5 Å². The standard InChI is InChI=1S/C26H22F2N2O3S/c1-15(16-8-12-19(13-9-16)30-25(31)17-6-10-18(27)11-7-17)29-26(32)24-20(14-33-2)23-21(28)4-3-5-22(23)34-24/h3-13,15H,14H2,1-2H3,(H,29,32)(H,30,31). The molecule has 0 bridgehead atoms. The first kappa shape index (κ1) is 23.5. The Hall–Kier alpha value is -3.62. The fourth-order valence-electron chi connectivity index (χ4n) is 3.64. The summed E-state index contributed by atoms with van der Waals surface area (Å²) in [5, 5.41) is 6.12. The molecule has 8 heteroatoms. The number of thiophene rings is 1. The Labute approximate surface area is 199 Å². The second kappa shape index (κ2) is 10.1. The number of fused-ring (bicyclic) bond motifs is 1. The fourth-order valence-corrected chi connectivity index (χ4v) is 4.76. The van der Waals surface area contributed by atoms with Crippen LogP contribution in [0.5, 0.6) is 0 Å². The number of ether oxygens (including phenoxy) is 1. The third kappa shape index (κ3) is 4.98. The lowest BCUT2D eigenvalue weighted by molar-refractivity contribution is 0.0939. The van der Waals surface area contributed by atoms with Crippen molar-refractivity contribution >= 4 is 38.9 Å². The summed E-state index contributed by atoms with van der Waals surface area (Å²) < 4.78 is 33.4. The summed E-state index contributed by atoms with van der Waals surface area (Å²) in [4.78, 5) is 25.8. The van der Waals surface area contributed by atoms with E-state index in [-0.39, 0.29) is 30.3 Å². The van der Waals surface area contributed by atoms with Crippen molar-refractivity contribution in [3.63, 3.8) is 0 Å². The quantitative estimate of drug-likeness (QED) is 0.337. The smallest absolute Gasteiger partial charge is 0.262 e. The zero-order chi connectivity index (χ0) is 24.2. The van der Waals surface area contributed by atoms with Crippen LogP contribution in [0.1, 0.15) is 44.1 Å². The Kier molecular flexibility index (Phi) is 7.00. The maximum atomic E-state index is 14.4. The van der Waals surface area contributed by atoms with Crippen LogP contribution in [-0.2, 0) is 11.3 Å². The predicted octanol–water partition coefficient (Wildman–Crippen LogP) is 6.07. The van der Waals surface area contributed by atoms with Crippen molar-refractivity contribution in [1.82, 2.24) is 5.32 Å². The molecule has 0 spiro atoms. The third-order valence-electron chi connectivity index (χ3n) is 5.38. The van der Waals surface area contributed by atoms with E-state index in [1.165, 1.54) is 48.8 Å². The van der Waals surface area contributed by atoms with Gasteiger partial charge < -0.3 is 15.4 Å². The minimum absolute atomic E-state index is 0.126. The summed E-state index contributed by atoms with van der Waals surface area (Å²) in [6, 6.07) is 16.8. The van der Waals surface area contributed by atoms with Gasteiger partial charge in [0.2, 0.25) is 0 Å². The van der Waals surface area contributed by atoms with Crippen molar-refractivity contribution in [2.24, 2.45) is 0 Å². The second-order valence-corrected chi connectivity index (χ2v) is 8.79. The molecule has 0 aliphatic rings. The molecule has 2 amide bonds. The molecule has 3 aromatic carbocycles. The van der Waals surface area contributed by atoms with E-state index in [2.05, 4.69) is 10.6 Å². The highest BCUT2D eigenvalue weighted by molar-refractivity contribution is 7.21. The Balaban J connectivity index is 1.46. The van der Waals surface area contributed by atoms with Gasteiger partial charge in [-0.15, -0.1) is 11.3 Å². The molecule has 0 aliphatic heterocycles. The van der Waals surface area contributed by atoms with E-state index in [4.69, 9.17) is 4.74 Å². The number of anilines is 1. The van der Waals surface area contributed by atoms with E-state index >= 15 is 0 Å². The molecular weight excluding hydrogens is 458 g/mol. The lowest BCUT2D eigenvalue weighted by Crippen LogP contribution is -2.26. The molecule has 1 atom stereocenters. The Bertz CT molecular complexity index is 1330. The first-order valence-corrected chi connectivity index (χ1v) is 11.4. The van der Waals surface area contributed by atoms with Crippen LogP contribution in [0, 0.1) is 11.6 Å². The van der Waals surface area contributed by atoms with E-state index in [9.17, 15) is 18.4 Å². The molecule has 0 saturated heterocycles. The van der Waals surface area contributed by atoms with Gasteiger partial charge in [-0.25, -0.2) is 8.78 Å². The lowest BCUT2D eigenvalue weighted by atomic mass is 10.1. The number of rotatable bonds is 7. The van der Waals surface area contributed by atoms with Gasteiger partial charge in [-0.05, 0) is 61.0 Å². The molecule has 1 heterocycles. The molecule has 2 N–H and O–H groups in total. The van der Waals surface area contributed by atoms with Crippen LogP contribution >= 0.6 is 11.3 Å². The SMILES string of the molecule is COCc1c(C(=O)NC(C)c2ccc(NC(=O)c3ccc(F)cc3)cc2)sc2cccc(F)c12. The Morgan fingerprint density at radius 2 is 1.68 bits per heavy atom. The van der Waals surface area contributed by atoms with E-state index in [1.807, 2.05) is 6.92 Å². The highest BCUT2D eigenvalue weighted by atomic mass is 32.1. The van der Waals surface area contributed by atoms with Crippen molar-refractivity contribution in [3.8, 4) is 0 Å². The number of halogens is 2. The van der Waals surface area contributed by atoms with Gasteiger partial charge in [0.15, 0.2) is 0 Å². The number of amides is 2. The van der Waals surface area contributed by atoms with E-state index in [0.717, 1.165) is 5.56 Å². The van der Waals surface area contributed by atoms with Crippen LogP contribution in [0.2, 0.25) is 0 Å². The molecule has 5 nitrogen and oxygen atoms in total. The fraction of sp³-hybridized carbons (Fsp3) is 0.154. The number of hydrogen-bond donors (Lipinski definition) is 2. The molecule has 0 radical (unpaired) electrons. The van der Waals surface area contributed by atoms with Gasteiger partial charge in [0.25, 0.3) is 11.8 Å². The average Bonchev–Trinajstić information content (AvgIpc) is 3.20. The molecule has 4 rings (SSSR count). The van der Waals surface area contributed by atoms with Gasteiger partial charge in [0.1, 0.15) is 11.6 Å². The van der Waals surface area contributed by atoms with Crippen molar-refractivity contribution in [1.29, 1.82) is 0 Å². The number of nitrogens with one attached hydrogen (secondary N) is 2. The molecule has 4 aromatic rings. The normalized spacial score (nSPS) is 11.9. The van der Waals surface area contributed by atoms with E-state index in [1.54, 1.807) is 36.4 Å². The van der Waals surface area contributed by atoms with E-state index < -0.39 is 5.82 Å². The van der Waals surface area contributed by atoms with Crippen LogP contribution < -0.4 is 10.6 Å². The first-order valence-electron chi connectivity index (χ1n) is 10.5. The largest absolute Gasteiger partial charge is 0.380 e.